The van der Waals surface area contributed by atoms with E-state index in [1.165, 1.54) is 6.07 Å². The van der Waals surface area contributed by atoms with Gasteiger partial charge in [-0.3, -0.25) is 0 Å². The fourth-order valence-corrected chi connectivity index (χ4v) is 0.963. The van der Waals surface area contributed by atoms with Gasteiger partial charge >= 0.3 is 6.18 Å². The number of aliphatic hydroxyl groups excluding tert-OH is 1. The van der Waals surface area contributed by atoms with E-state index in [9.17, 15) is 17.6 Å². The molecule has 0 heterocycles. The van der Waals surface area contributed by atoms with Crippen molar-refractivity contribution in [3.63, 3.8) is 0 Å². The van der Waals surface area contributed by atoms with Gasteiger partial charge in [-0.15, -0.1) is 0 Å². The Kier molecular flexibility index (Phi) is 2.56. The lowest BCUT2D eigenvalue weighted by molar-refractivity contribution is -0.140. The van der Waals surface area contributed by atoms with Crippen LogP contribution >= 0.6 is 0 Å². The lowest BCUT2D eigenvalue weighted by atomic mass is 10.1. The second-order valence-electron chi connectivity index (χ2n) is 2.42. The zero-order valence-corrected chi connectivity index (χ0v) is 6.35. The zero-order valence-electron chi connectivity index (χ0n) is 6.35. The molecule has 1 nitrogen and oxygen atoms in total. The normalized spacial score (nSPS) is 14.2. The molecule has 0 amide bonds. The summed E-state index contributed by atoms with van der Waals surface area (Å²) in [6, 6.07) is 3.98. The van der Waals surface area contributed by atoms with Crippen LogP contribution in [0.3, 0.4) is 0 Å². The predicted octanol–water partition coefficient (Wildman–Crippen LogP) is 2.67. The van der Waals surface area contributed by atoms with Crippen molar-refractivity contribution in [1.29, 1.82) is 0 Å². The molecule has 0 bridgehead atoms. The van der Waals surface area contributed by atoms with Crippen molar-refractivity contribution in [3.05, 3.63) is 35.4 Å². The van der Waals surface area contributed by atoms with Gasteiger partial charge in [-0.25, -0.2) is 4.39 Å². The van der Waals surface area contributed by atoms with Gasteiger partial charge in [-0.2, -0.15) is 13.2 Å². The minimum atomic E-state index is -4.64. The number of hydrogen-bond donors (Lipinski definition) is 1. The molecular weight excluding hydrogens is 188 g/mol. The monoisotopic (exact) mass is 194 g/mol. The predicted molar refractivity (Wildman–Crippen MR) is 37.5 cm³/mol. The van der Waals surface area contributed by atoms with Crippen molar-refractivity contribution in [2.75, 3.05) is 0 Å². The highest BCUT2D eigenvalue weighted by Crippen LogP contribution is 2.34. The van der Waals surface area contributed by atoms with Crippen molar-refractivity contribution >= 4 is 0 Å². The Balaban J connectivity index is 3.20. The highest BCUT2D eigenvalue weighted by atomic mass is 19.4. The second kappa shape index (κ2) is 3.33. The molecule has 1 rings (SSSR count). The number of rotatable bonds is 1. The third kappa shape index (κ3) is 2.18. The fraction of sp³-hybridized carbons (Fsp3) is 0.250. The van der Waals surface area contributed by atoms with Crippen molar-refractivity contribution in [2.45, 2.75) is 12.5 Å². The van der Waals surface area contributed by atoms with E-state index in [0.29, 0.717) is 0 Å². The van der Waals surface area contributed by atoms with E-state index in [-0.39, 0.29) is 0 Å². The molecule has 0 fully saturated rings. The smallest absolute Gasteiger partial charge is 0.360 e. The maximum absolute atomic E-state index is 12.3. The average Bonchev–Trinajstić information content (AvgIpc) is 2.03. The van der Waals surface area contributed by atoms with Gasteiger partial charge in [-0.1, -0.05) is 18.2 Å². The van der Waals surface area contributed by atoms with Gasteiger partial charge in [0, 0.05) is 5.56 Å². The van der Waals surface area contributed by atoms with Gasteiger partial charge in [-0.05, 0) is 6.07 Å². The molecule has 0 aliphatic rings. The number of aliphatic hydroxyl groups is 1. The van der Waals surface area contributed by atoms with E-state index in [4.69, 9.17) is 5.11 Å². The summed E-state index contributed by atoms with van der Waals surface area (Å²) < 4.78 is 48.7. The van der Waals surface area contributed by atoms with Crippen molar-refractivity contribution < 1.29 is 22.7 Å². The molecule has 13 heavy (non-hydrogen) atoms. The molecule has 0 radical (unpaired) electrons. The molecule has 5 heteroatoms. The first-order valence-corrected chi connectivity index (χ1v) is 3.41. The summed E-state index contributed by atoms with van der Waals surface area (Å²) in [5.74, 6) is 0. The highest BCUT2D eigenvalue weighted by Gasteiger charge is 2.34. The molecule has 0 aliphatic heterocycles. The van der Waals surface area contributed by atoms with Crippen molar-refractivity contribution in [2.24, 2.45) is 0 Å². The van der Waals surface area contributed by atoms with E-state index in [0.717, 1.165) is 18.2 Å². The summed E-state index contributed by atoms with van der Waals surface area (Å²) in [6.45, 7) is 0. The summed E-state index contributed by atoms with van der Waals surface area (Å²) in [6.07, 6.45) is -7.23. The molecular formula is C8H6F4O. The van der Waals surface area contributed by atoms with Crippen LogP contribution < -0.4 is 0 Å². The molecule has 0 aromatic heterocycles. The lowest BCUT2D eigenvalue weighted by Gasteiger charge is -2.12. The number of hydrogen-bond acceptors (Lipinski definition) is 1. The largest absolute Gasteiger partial charge is 0.416 e. The SMILES string of the molecule is OC(F)c1ccccc1C(F)(F)F. The standard InChI is InChI=1S/C8H6F4O/c9-7(13)5-3-1-2-4-6(5)8(10,11)12/h1-4,7,13H. The summed E-state index contributed by atoms with van der Waals surface area (Å²) in [4.78, 5) is 0. The Labute approximate surface area is 71.6 Å². The minimum absolute atomic E-state index is 0.720. The van der Waals surface area contributed by atoms with Crippen LogP contribution in [0, 0.1) is 0 Å². The van der Waals surface area contributed by atoms with Gasteiger partial charge in [0.2, 0.25) is 6.36 Å². The number of halogens is 4. The zero-order chi connectivity index (χ0) is 10.1. The molecule has 1 atom stereocenters. The van der Waals surface area contributed by atoms with E-state index in [1.807, 2.05) is 0 Å². The molecule has 0 saturated heterocycles. The molecule has 72 valence electrons. The third-order valence-electron chi connectivity index (χ3n) is 1.52. The van der Waals surface area contributed by atoms with E-state index in [2.05, 4.69) is 0 Å². The Bertz CT molecular complexity index is 292. The van der Waals surface area contributed by atoms with E-state index >= 15 is 0 Å². The topological polar surface area (TPSA) is 20.2 Å². The first-order chi connectivity index (χ1) is 5.93. The van der Waals surface area contributed by atoms with Crippen molar-refractivity contribution in [3.8, 4) is 0 Å². The van der Waals surface area contributed by atoms with Crippen LogP contribution in [-0.4, -0.2) is 5.11 Å². The molecule has 1 aromatic carbocycles. The van der Waals surface area contributed by atoms with E-state index < -0.39 is 23.7 Å². The van der Waals surface area contributed by atoms with Gasteiger partial charge in [0.25, 0.3) is 0 Å². The summed E-state index contributed by atoms with van der Waals surface area (Å²) >= 11 is 0. The van der Waals surface area contributed by atoms with Crippen molar-refractivity contribution in [1.82, 2.24) is 0 Å². The molecule has 1 N–H and O–H groups in total. The van der Waals surface area contributed by atoms with Gasteiger partial charge in [0.1, 0.15) is 0 Å². The van der Waals surface area contributed by atoms with Crippen LogP contribution in [-0.2, 0) is 6.18 Å². The summed E-state index contributed by atoms with van der Waals surface area (Å²) in [5.41, 5.74) is -1.90. The van der Waals surface area contributed by atoms with Gasteiger partial charge < -0.3 is 5.11 Å². The second-order valence-corrected chi connectivity index (χ2v) is 2.42. The summed E-state index contributed by atoms with van der Waals surface area (Å²) in [5, 5.41) is 8.40. The number of alkyl halides is 4. The number of benzene rings is 1. The molecule has 0 aliphatic carbocycles. The fourth-order valence-electron chi connectivity index (χ4n) is 0.963. The molecule has 1 unspecified atom stereocenters. The minimum Gasteiger partial charge on any atom is -0.360 e. The first kappa shape index (κ1) is 9.98. The molecule has 0 saturated carbocycles. The molecule has 1 aromatic rings. The summed E-state index contributed by atoms with van der Waals surface area (Å²) in [7, 11) is 0. The Morgan fingerprint density at radius 1 is 1.15 bits per heavy atom. The van der Waals surface area contributed by atoms with Crippen LogP contribution in [0.5, 0.6) is 0 Å². The maximum atomic E-state index is 12.3. The lowest BCUT2D eigenvalue weighted by Crippen LogP contribution is -2.10. The van der Waals surface area contributed by atoms with Crippen LogP contribution in [0.1, 0.15) is 17.5 Å². The average molecular weight is 194 g/mol. The quantitative estimate of drug-likeness (QED) is 0.681. The van der Waals surface area contributed by atoms with Gasteiger partial charge in [0.05, 0.1) is 5.56 Å². The van der Waals surface area contributed by atoms with Crippen LogP contribution in [0.15, 0.2) is 24.3 Å². The highest BCUT2D eigenvalue weighted by molar-refractivity contribution is 5.30. The third-order valence-corrected chi connectivity index (χ3v) is 1.52. The Hall–Kier alpha value is -1.10. The van der Waals surface area contributed by atoms with Gasteiger partial charge in [0.15, 0.2) is 0 Å². The van der Waals surface area contributed by atoms with Crippen LogP contribution in [0.4, 0.5) is 17.6 Å². The Morgan fingerprint density at radius 2 is 1.69 bits per heavy atom. The first-order valence-electron chi connectivity index (χ1n) is 3.41. The van der Waals surface area contributed by atoms with E-state index in [1.54, 1.807) is 0 Å². The maximum Gasteiger partial charge on any atom is 0.416 e. The molecule has 0 spiro atoms. The Morgan fingerprint density at radius 3 is 2.08 bits per heavy atom. The van der Waals surface area contributed by atoms with Crippen LogP contribution in [0.25, 0.3) is 0 Å². The van der Waals surface area contributed by atoms with Crippen LogP contribution in [0.2, 0.25) is 0 Å².